The van der Waals surface area contributed by atoms with Crippen LogP contribution in [0.1, 0.15) is 23.5 Å². The van der Waals surface area contributed by atoms with Gasteiger partial charge in [0.2, 0.25) is 12.4 Å². The largest absolute Gasteiger partial charge is 0.459 e. The van der Waals surface area contributed by atoms with Gasteiger partial charge in [-0.05, 0) is 12.1 Å². The molecule has 33 heavy (non-hydrogen) atoms. The fraction of sp³-hybridized carbons (Fsp3) is 0.350. The molecule has 4 rings (SSSR count). The van der Waals surface area contributed by atoms with E-state index in [1.54, 1.807) is 18.2 Å². The normalized spacial score (nSPS) is 22.6. The Kier molecular flexibility index (Phi) is 6.38. The molecule has 1 aliphatic rings. The third kappa shape index (κ3) is 4.57. The van der Waals surface area contributed by atoms with Crippen molar-refractivity contribution in [1.29, 1.82) is 0 Å². The Hall–Kier alpha value is -3.38. The number of nitrogens with zero attached hydrogens (tertiary/aromatic N) is 4. The number of hydrogen-bond donors (Lipinski definition) is 1. The van der Waals surface area contributed by atoms with Gasteiger partial charge in [-0.2, -0.15) is 9.97 Å². The van der Waals surface area contributed by atoms with Gasteiger partial charge in [0, 0.05) is 6.92 Å². The minimum absolute atomic E-state index is 0.0444. The predicted molar refractivity (Wildman–Crippen MR) is 110 cm³/mol. The Labute approximate surface area is 190 Å². The molecule has 3 aromatic rings. The maximum Gasteiger partial charge on any atom is 0.338 e. The van der Waals surface area contributed by atoms with Gasteiger partial charge >= 0.3 is 11.9 Å². The quantitative estimate of drug-likeness (QED) is 0.416. The lowest BCUT2D eigenvalue weighted by Crippen LogP contribution is -2.37. The van der Waals surface area contributed by atoms with E-state index in [0.29, 0.717) is 0 Å². The SMILES string of the molecule is CC(=O)O[C@@H]1[C@H](C(F)F)[C@@H](COC(=O)c2ccccc2)O[C@H]1n1cnc2c(Cl)nc(N)nc21. The van der Waals surface area contributed by atoms with Gasteiger partial charge in [-0.25, -0.2) is 18.6 Å². The average Bonchev–Trinajstić information content (AvgIpc) is 3.33. The Bertz CT molecular complexity index is 1180. The van der Waals surface area contributed by atoms with Crippen LogP contribution in [0, 0.1) is 5.92 Å². The second-order valence-electron chi connectivity index (χ2n) is 7.21. The van der Waals surface area contributed by atoms with E-state index in [9.17, 15) is 18.4 Å². The van der Waals surface area contributed by atoms with Gasteiger partial charge in [-0.15, -0.1) is 0 Å². The zero-order valence-corrected chi connectivity index (χ0v) is 17.9. The molecule has 1 aliphatic heterocycles. The summed E-state index contributed by atoms with van der Waals surface area (Å²) in [6.07, 6.45) is -5.71. The summed E-state index contributed by atoms with van der Waals surface area (Å²) in [7, 11) is 0. The number of fused-ring (bicyclic) bond motifs is 1. The molecule has 0 radical (unpaired) electrons. The number of halogens is 3. The van der Waals surface area contributed by atoms with E-state index in [2.05, 4.69) is 15.0 Å². The molecular formula is C20H18ClF2N5O5. The number of esters is 2. The van der Waals surface area contributed by atoms with Crippen molar-refractivity contribution in [2.75, 3.05) is 12.3 Å². The van der Waals surface area contributed by atoms with Gasteiger partial charge in [-0.3, -0.25) is 9.36 Å². The zero-order chi connectivity index (χ0) is 23.7. The Morgan fingerprint density at radius 1 is 1.27 bits per heavy atom. The summed E-state index contributed by atoms with van der Waals surface area (Å²) in [6, 6.07) is 8.05. The van der Waals surface area contributed by atoms with Crippen molar-refractivity contribution in [2.24, 2.45) is 5.92 Å². The summed E-state index contributed by atoms with van der Waals surface area (Å²) in [6.45, 7) is 0.590. The van der Waals surface area contributed by atoms with Gasteiger partial charge in [0.25, 0.3) is 0 Å². The monoisotopic (exact) mass is 481 g/mol. The number of benzene rings is 1. The number of hydrogen-bond acceptors (Lipinski definition) is 9. The maximum atomic E-state index is 14.1. The van der Waals surface area contributed by atoms with Crippen molar-refractivity contribution in [3.63, 3.8) is 0 Å². The van der Waals surface area contributed by atoms with Crippen LogP contribution in [0.15, 0.2) is 36.7 Å². The van der Waals surface area contributed by atoms with Crippen LogP contribution < -0.4 is 5.73 Å². The number of nitrogens with two attached hydrogens (primary N) is 1. The summed E-state index contributed by atoms with van der Waals surface area (Å²) in [5.41, 5.74) is 6.16. The highest BCUT2D eigenvalue weighted by atomic mass is 35.5. The molecule has 2 N–H and O–H groups in total. The van der Waals surface area contributed by atoms with E-state index in [4.69, 9.17) is 31.5 Å². The van der Waals surface area contributed by atoms with Gasteiger partial charge in [0.05, 0.1) is 17.8 Å². The minimum atomic E-state index is -2.96. The highest BCUT2D eigenvalue weighted by Gasteiger charge is 2.53. The first-order chi connectivity index (χ1) is 15.8. The van der Waals surface area contributed by atoms with Crippen molar-refractivity contribution < 1.29 is 32.6 Å². The van der Waals surface area contributed by atoms with Crippen molar-refractivity contribution in [3.8, 4) is 0 Å². The lowest BCUT2D eigenvalue weighted by molar-refractivity contribution is -0.155. The fourth-order valence-electron chi connectivity index (χ4n) is 3.66. The second-order valence-corrected chi connectivity index (χ2v) is 7.57. The molecule has 0 saturated carbocycles. The third-order valence-corrected chi connectivity index (χ3v) is 5.32. The molecule has 2 aromatic heterocycles. The molecule has 10 nitrogen and oxygen atoms in total. The number of aromatic nitrogens is 4. The van der Waals surface area contributed by atoms with Crippen LogP contribution in [0.4, 0.5) is 14.7 Å². The van der Waals surface area contributed by atoms with Crippen LogP contribution in [0.5, 0.6) is 0 Å². The number of alkyl halides is 2. The van der Waals surface area contributed by atoms with Crippen LogP contribution in [-0.4, -0.2) is 56.7 Å². The number of anilines is 1. The molecule has 13 heteroatoms. The van der Waals surface area contributed by atoms with Crippen LogP contribution in [0.25, 0.3) is 11.2 Å². The lowest BCUT2D eigenvalue weighted by Gasteiger charge is -2.23. The Morgan fingerprint density at radius 2 is 2.00 bits per heavy atom. The molecule has 1 fully saturated rings. The molecule has 4 atom stereocenters. The highest BCUT2D eigenvalue weighted by molar-refractivity contribution is 6.33. The first-order valence-corrected chi connectivity index (χ1v) is 10.1. The number of rotatable bonds is 6. The molecule has 0 unspecified atom stereocenters. The van der Waals surface area contributed by atoms with Crippen molar-refractivity contribution >= 4 is 40.7 Å². The van der Waals surface area contributed by atoms with Gasteiger partial charge < -0.3 is 19.9 Å². The van der Waals surface area contributed by atoms with Crippen LogP contribution >= 0.6 is 11.6 Å². The number of ether oxygens (including phenoxy) is 3. The summed E-state index contributed by atoms with van der Waals surface area (Å²) in [4.78, 5) is 35.9. The van der Waals surface area contributed by atoms with Gasteiger partial charge in [0.1, 0.15) is 18.2 Å². The number of carbonyl (C=O) groups is 2. The summed E-state index contributed by atoms with van der Waals surface area (Å²) < 4.78 is 45.7. The molecule has 1 aromatic carbocycles. The topological polar surface area (TPSA) is 131 Å². The van der Waals surface area contributed by atoms with Crippen LogP contribution in [0.3, 0.4) is 0 Å². The molecule has 0 bridgehead atoms. The maximum absolute atomic E-state index is 14.1. The number of nitrogen functional groups attached to an aromatic ring is 1. The number of imidazole rings is 1. The van der Waals surface area contributed by atoms with E-state index in [1.165, 1.54) is 23.0 Å². The molecule has 0 aliphatic carbocycles. The van der Waals surface area contributed by atoms with Crippen LogP contribution in [0.2, 0.25) is 5.15 Å². The highest BCUT2D eigenvalue weighted by Crippen LogP contribution is 2.41. The standard InChI is InChI=1S/C20H18ClF2N5O5/c1-9(29)32-14-12(16(22)23)11(7-31-19(30)10-5-3-2-4-6-10)33-18(14)28-8-25-13-15(21)26-20(24)27-17(13)28/h2-6,8,11-12,14,16,18H,7H2,1H3,(H2,24,26,27)/t11-,12-,14-,18-/m1/s1. The molecule has 0 spiro atoms. The average molecular weight is 482 g/mol. The zero-order valence-electron chi connectivity index (χ0n) is 17.1. The summed E-state index contributed by atoms with van der Waals surface area (Å²) in [5.74, 6) is -3.28. The van der Waals surface area contributed by atoms with E-state index >= 15 is 0 Å². The minimum Gasteiger partial charge on any atom is -0.459 e. The lowest BCUT2D eigenvalue weighted by atomic mass is 9.98. The smallest absolute Gasteiger partial charge is 0.338 e. The summed E-state index contributed by atoms with van der Waals surface area (Å²) in [5, 5.41) is -0.0444. The Morgan fingerprint density at radius 3 is 2.67 bits per heavy atom. The van der Waals surface area contributed by atoms with E-state index in [-0.39, 0.29) is 27.8 Å². The first kappa shape index (κ1) is 22.8. The van der Waals surface area contributed by atoms with E-state index in [0.717, 1.165) is 6.92 Å². The summed E-state index contributed by atoms with van der Waals surface area (Å²) >= 11 is 6.04. The number of carbonyl (C=O) groups excluding carboxylic acids is 2. The van der Waals surface area contributed by atoms with E-state index < -0.39 is 49.3 Å². The second kappa shape index (κ2) is 9.24. The van der Waals surface area contributed by atoms with Crippen molar-refractivity contribution in [1.82, 2.24) is 19.5 Å². The van der Waals surface area contributed by atoms with Crippen molar-refractivity contribution in [3.05, 3.63) is 47.4 Å². The molecule has 1 saturated heterocycles. The van der Waals surface area contributed by atoms with Crippen molar-refractivity contribution in [2.45, 2.75) is 31.8 Å². The predicted octanol–water partition coefficient (Wildman–Crippen LogP) is 2.63. The van der Waals surface area contributed by atoms with E-state index in [1.807, 2.05) is 0 Å². The Balaban J connectivity index is 1.65. The van der Waals surface area contributed by atoms with Gasteiger partial charge in [-0.1, -0.05) is 29.8 Å². The first-order valence-electron chi connectivity index (χ1n) is 9.74. The molecule has 3 heterocycles. The molecule has 174 valence electrons. The van der Waals surface area contributed by atoms with Gasteiger partial charge in [0.15, 0.2) is 23.1 Å². The molecular weight excluding hydrogens is 464 g/mol. The third-order valence-electron chi connectivity index (χ3n) is 5.06. The fourth-order valence-corrected chi connectivity index (χ4v) is 3.88. The van der Waals surface area contributed by atoms with Crippen LogP contribution in [-0.2, 0) is 19.0 Å². The molecule has 0 amide bonds.